The van der Waals surface area contributed by atoms with Crippen LogP contribution in [0.5, 0.6) is 0 Å². The van der Waals surface area contributed by atoms with Crippen molar-refractivity contribution in [3.05, 3.63) is 90.6 Å². The van der Waals surface area contributed by atoms with Crippen molar-refractivity contribution in [3.8, 4) is 0 Å². The Morgan fingerprint density at radius 3 is 2.12 bits per heavy atom. The van der Waals surface area contributed by atoms with Crippen molar-refractivity contribution in [2.45, 2.75) is 57.8 Å². The normalized spacial score (nSPS) is 12.4. The third kappa shape index (κ3) is 12.7. The molecule has 0 aliphatic heterocycles. The summed E-state index contributed by atoms with van der Waals surface area (Å²) in [6, 6.07) is 26.5. The monoisotopic (exact) mass is 726 g/mol. The minimum Gasteiger partial charge on any atom is -0.481 e. The van der Waals surface area contributed by atoms with Gasteiger partial charge in [0, 0.05) is 51.0 Å². The minimum absolute atomic E-state index is 0. The van der Waals surface area contributed by atoms with Gasteiger partial charge in [-0.15, -0.1) is 0 Å². The van der Waals surface area contributed by atoms with Gasteiger partial charge in [-0.25, -0.2) is 4.79 Å². The number of aryl methyl sites for hydroxylation is 1. The Labute approximate surface area is 251 Å². The smallest absolute Gasteiger partial charge is 0.404 e. The zero-order chi connectivity index (χ0) is 27.0. The number of aliphatic carboxylic acids is 1. The SMILES string of the molecule is N.O=C(O)CCCc1ccccc1.O=C(O)NCCC1CCCCC1.[Pt].c1ccc2c(c1)cnc1ccccc12. The zero-order valence-electron chi connectivity index (χ0n) is 22.9. The quantitative estimate of drug-likeness (QED) is 0.143. The van der Waals surface area contributed by atoms with Crippen molar-refractivity contribution < 1.29 is 40.9 Å². The molecule has 1 aromatic heterocycles. The number of para-hydroxylation sites is 1. The van der Waals surface area contributed by atoms with Gasteiger partial charge in [0.2, 0.25) is 0 Å². The average molecular weight is 727 g/mol. The molecule has 1 aliphatic rings. The predicted octanol–water partition coefficient (Wildman–Crippen LogP) is 7.87. The van der Waals surface area contributed by atoms with Crippen LogP contribution in [0.25, 0.3) is 21.7 Å². The molecule has 0 spiro atoms. The summed E-state index contributed by atoms with van der Waals surface area (Å²) in [5, 5.41) is 22.8. The number of rotatable bonds is 7. The summed E-state index contributed by atoms with van der Waals surface area (Å²) in [6.07, 6.45) is 10.5. The molecular weight excluding hydrogens is 685 g/mol. The first-order valence-corrected chi connectivity index (χ1v) is 13.5. The fraction of sp³-hybridized carbons (Fsp3) is 0.344. The molecule has 6 N–H and O–H groups in total. The number of nitrogens with zero attached hydrogens (tertiary/aromatic N) is 1. The van der Waals surface area contributed by atoms with Crippen LogP contribution in [0.3, 0.4) is 0 Å². The molecule has 0 radical (unpaired) electrons. The van der Waals surface area contributed by atoms with Gasteiger partial charge in [0.05, 0.1) is 5.52 Å². The van der Waals surface area contributed by atoms with E-state index in [1.54, 1.807) is 0 Å². The minimum atomic E-state index is -0.897. The van der Waals surface area contributed by atoms with Crippen molar-refractivity contribution in [1.82, 2.24) is 16.5 Å². The summed E-state index contributed by atoms with van der Waals surface area (Å²) in [4.78, 5) is 24.7. The Balaban J connectivity index is 0.000000295. The van der Waals surface area contributed by atoms with Gasteiger partial charge < -0.3 is 21.7 Å². The molecule has 1 aliphatic carbocycles. The van der Waals surface area contributed by atoms with Crippen molar-refractivity contribution in [2.24, 2.45) is 5.92 Å². The van der Waals surface area contributed by atoms with E-state index in [0.717, 1.165) is 30.7 Å². The summed E-state index contributed by atoms with van der Waals surface area (Å²) < 4.78 is 0. The molecule has 0 bridgehead atoms. The molecule has 1 fully saturated rings. The van der Waals surface area contributed by atoms with Crippen LogP contribution in [0.15, 0.2) is 85.1 Å². The first kappa shape index (κ1) is 34.7. The number of fused-ring (bicyclic) bond motifs is 3. The first-order chi connectivity index (χ1) is 18.5. The molecule has 8 heteroatoms. The number of carbonyl (C=O) groups is 2. The van der Waals surface area contributed by atoms with Crippen LogP contribution in [0.2, 0.25) is 0 Å². The van der Waals surface area contributed by atoms with Gasteiger partial charge in [-0.2, -0.15) is 0 Å². The third-order valence-corrected chi connectivity index (χ3v) is 6.75. The number of benzene rings is 3. The maximum atomic E-state index is 10.2. The molecule has 1 amide bonds. The number of aromatic nitrogens is 1. The fourth-order valence-corrected chi connectivity index (χ4v) is 4.76. The number of carboxylic acids is 1. The van der Waals surface area contributed by atoms with E-state index in [0.29, 0.717) is 6.54 Å². The summed E-state index contributed by atoms with van der Waals surface area (Å²) in [5.74, 6) is 0.0523. The summed E-state index contributed by atoms with van der Waals surface area (Å²) in [7, 11) is 0. The first-order valence-electron chi connectivity index (χ1n) is 13.5. The number of pyridine rings is 1. The van der Waals surface area contributed by atoms with Crippen LogP contribution in [0.4, 0.5) is 4.79 Å². The van der Waals surface area contributed by atoms with Crippen LogP contribution >= 0.6 is 0 Å². The molecule has 0 unspecified atom stereocenters. The van der Waals surface area contributed by atoms with Crippen LogP contribution < -0.4 is 11.5 Å². The van der Waals surface area contributed by atoms with Gasteiger partial charge in [0.15, 0.2) is 0 Å². The largest absolute Gasteiger partial charge is 0.481 e. The van der Waals surface area contributed by atoms with Gasteiger partial charge in [-0.3, -0.25) is 9.78 Å². The van der Waals surface area contributed by atoms with Crippen molar-refractivity contribution in [2.75, 3.05) is 6.54 Å². The molecule has 5 rings (SSSR count). The molecule has 0 saturated heterocycles. The van der Waals surface area contributed by atoms with E-state index in [9.17, 15) is 9.59 Å². The summed E-state index contributed by atoms with van der Waals surface area (Å²) >= 11 is 0. The van der Waals surface area contributed by atoms with E-state index >= 15 is 0 Å². The van der Waals surface area contributed by atoms with Crippen molar-refractivity contribution in [3.63, 3.8) is 0 Å². The summed E-state index contributed by atoms with van der Waals surface area (Å²) in [5.41, 5.74) is 2.27. The van der Waals surface area contributed by atoms with Gasteiger partial charge in [-0.1, -0.05) is 105 Å². The summed E-state index contributed by atoms with van der Waals surface area (Å²) in [6.45, 7) is 0.625. The Kier molecular flexibility index (Phi) is 17.1. The molecule has 7 nitrogen and oxygen atoms in total. The van der Waals surface area contributed by atoms with E-state index in [1.165, 1.54) is 53.8 Å². The maximum absolute atomic E-state index is 10.2. The Morgan fingerprint density at radius 1 is 0.825 bits per heavy atom. The van der Waals surface area contributed by atoms with Crippen LogP contribution in [-0.2, 0) is 32.3 Å². The predicted molar refractivity (Wildman–Crippen MR) is 159 cm³/mol. The molecule has 218 valence electrons. The Bertz CT molecular complexity index is 1230. The second kappa shape index (κ2) is 19.7. The topological polar surface area (TPSA) is 135 Å². The number of amides is 1. The number of hydrogen-bond acceptors (Lipinski definition) is 4. The Hall–Kier alpha value is -3.28. The average Bonchev–Trinajstić information content (AvgIpc) is 2.94. The third-order valence-electron chi connectivity index (χ3n) is 6.75. The molecule has 4 aromatic rings. The van der Waals surface area contributed by atoms with E-state index in [1.807, 2.05) is 54.7 Å². The van der Waals surface area contributed by atoms with Crippen LogP contribution in [0, 0.1) is 5.92 Å². The standard InChI is InChI=1S/C13H9N.C10H12O2.C9H17NO2.H3N.Pt/c1-2-6-11-10(5-1)9-14-13-8-4-3-7-12(11)13;11-10(12)8-4-7-9-5-2-1-3-6-9;11-9(12)10-7-6-8-4-2-1-3-5-8;;/h1-9H;1-3,5-6H,4,7-8H2,(H,11,12);8,10H,1-7H2,(H,11,12);1H3;. The second-order valence-electron chi connectivity index (χ2n) is 9.62. The van der Waals surface area contributed by atoms with Crippen molar-refractivity contribution in [1.29, 1.82) is 0 Å². The molecular formula is C32H41N3O4Pt. The van der Waals surface area contributed by atoms with Gasteiger partial charge in [0.25, 0.3) is 0 Å². The molecule has 40 heavy (non-hydrogen) atoms. The number of hydrogen-bond donors (Lipinski definition) is 4. The molecule has 0 atom stereocenters. The fourth-order valence-electron chi connectivity index (χ4n) is 4.76. The molecule has 1 heterocycles. The molecule has 1 saturated carbocycles. The van der Waals surface area contributed by atoms with E-state index in [-0.39, 0.29) is 33.6 Å². The Morgan fingerprint density at radius 2 is 1.45 bits per heavy atom. The van der Waals surface area contributed by atoms with Crippen molar-refractivity contribution >= 4 is 33.7 Å². The number of nitrogens with one attached hydrogen (secondary N) is 1. The van der Waals surface area contributed by atoms with Gasteiger partial charge in [-0.05, 0) is 42.2 Å². The zero-order valence-corrected chi connectivity index (χ0v) is 25.2. The van der Waals surface area contributed by atoms with Crippen LogP contribution in [0.1, 0.15) is 56.9 Å². The number of carboxylic acid groups (broad SMARTS) is 2. The van der Waals surface area contributed by atoms with Gasteiger partial charge in [0.1, 0.15) is 0 Å². The van der Waals surface area contributed by atoms with E-state index in [2.05, 4.69) is 40.6 Å². The van der Waals surface area contributed by atoms with Crippen LogP contribution in [-0.4, -0.2) is 33.8 Å². The van der Waals surface area contributed by atoms with E-state index in [4.69, 9.17) is 10.2 Å². The maximum Gasteiger partial charge on any atom is 0.404 e. The van der Waals surface area contributed by atoms with Gasteiger partial charge >= 0.3 is 12.1 Å². The molecule has 3 aromatic carbocycles. The second-order valence-corrected chi connectivity index (χ2v) is 9.62. The van der Waals surface area contributed by atoms with E-state index < -0.39 is 12.1 Å².